The molecular formula is C12H12N3O2+. The lowest BCUT2D eigenvalue weighted by Crippen LogP contribution is -2.48. The molecule has 0 aliphatic heterocycles. The van der Waals surface area contributed by atoms with Crippen molar-refractivity contribution in [3.63, 3.8) is 0 Å². The monoisotopic (exact) mass is 230 g/mol. The van der Waals surface area contributed by atoms with Crippen molar-refractivity contribution < 1.29 is 14.4 Å². The van der Waals surface area contributed by atoms with Crippen molar-refractivity contribution in [2.45, 2.75) is 0 Å². The molecule has 1 heterocycles. The third-order valence-corrected chi connectivity index (χ3v) is 2.22. The summed E-state index contributed by atoms with van der Waals surface area (Å²) in [5, 5.41) is 0. The number of anilines is 2. The highest BCUT2D eigenvalue weighted by atomic mass is 16.7. The Kier molecular flexibility index (Phi) is 2.91. The molecule has 2 aromatic rings. The number of aromatic nitrogens is 1. The van der Waals surface area contributed by atoms with Gasteiger partial charge in [-0.3, -0.25) is 10.6 Å². The summed E-state index contributed by atoms with van der Waals surface area (Å²) in [6.45, 7) is 0. The van der Waals surface area contributed by atoms with Crippen LogP contribution in [-0.4, -0.2) is 5.97 Å². The minimum atomic E-state index is -0.493. The molecule has 17 heavy (non-hydrogen) atoms. The Morgan fingerprint density at radius 2 is 1.76 bits per heavy atom. The molecule has 0 bridgehead atoms. The first kappa shape index (κ1) is 10.9. The van der Waals surface area contributed by atoms with Crippen LogP contribution >= 0.6 is 0 Å². The molecule has 86 valence electrons. The number of nitrogen functional groups attached to an aromatic ring is 2. The maximum absolute atomic E-state index is 11.7. The maximum Gasteiger partial charge on any atom is 0.388 e. The molecule has 0 unspecified atom stereocenters. The molecule has 0 amide bonds. The Morgan fingerprint density at radius 1 is 1.06 bits per heavy atom. The summed E-state index contributed by atoms with van der Waals surface area (Å²) >= 11 is 0. The molecule has 0 saturated carbocycles. The fourth-order valence-corrected chi connectivity index (χ4v) is 1.31. The lowest BCUT2D eigenvalue weighted by molar-refractivity contribution is -0.855. The van der Waals surface area contributed by atoms with Crippen LogP contribution in [0, 0.1) is 0 Å². The molecule has 0 radical (unpaired) electrons. The van der Waals surface area contributed by atoms with Gasteiger partial charge in [-0.15, -0.1) is 0 Å². The number of nitrogens with zero attached hydrogens (tertiary/aromatic N) is 1. The third-order valence-electron chi connectivity index (χ3n) is 2.22. The molecule has 1 aromatic carbocycles. The van der Waals surface area contributed by atoms with Gasteiger partial charge in [-0.25, -0.2) is 4.79 Å². The van der Waals surface area contributed by atoms with Gasteiger partial charge in [-0.05, 0) is 29.0 Å². The van der Waals surface area contributed by atoms with Crippen molar-refractivity contribution in [1.29, 1.82) is 0 Å². The largest absolute Gasteiger partial charge is 0.392 e. The summed E-state index contributed by atoms with van der Waals surface area (Å²) in [6, 6.07) is 11.9. The van der Waals surface area contributed by atoms with Gasteiger partial charge in [0.25, 0.3) is 0 Å². The van der Waals surface area contributed by atoms with Gasteiger partial charge in [0.1, 0.15) is 11.9 Å². The Morgan fingerprint density at radius 3 is 2.47 bits per heavy atom. The zero-order valence-corrected chi connectivity index (χ0v) is 9.04. The predicted octanol–water partition coefficient (Wildman–Crippen LogP) is 0.407. The van der Waals surface area contributed by atoms with Crippen molar-refractivity contribution in [2.24, 2.45) is 0 Å². The number of benzene rings is 1. The maximum atomic E-state index is 11.7. The minimum Gasteiger partial charge on any atom is -0.392 e. The van der Waals surface area contributed by atoms with E-state index in [0.29, 0.717) is 11.3 Å². The highest BCUT2D eigenvalue weighted by Crippen LogP contribution is 2.06. The van der Waals surface area contributed by atoms with Crippen LogP contribution in [-0.2, 0) is 0 Å². The second-order valence-electron chi connectivity index (χ2n) is 3.42. The second-order valence-corrected chi connectivity index (χ2v) is 3.42. The second kappa shape index (κ2) is 4.52. The fourth-order valence-electron chi connectivity index (χ4n) is 1.31. The molecular weight excluding hydrogens is 218 g/mol. The first-order valence-corrected chi connectivity index (χ1v) is 5.02. The van der Waals surface area contributed by atoms with E-state index in [1.807, 2.05) is 6.07 Å². The van der Waals surface area contributed by atoms with E-state index in [9.17, 15) is 4.79 Å². The van der Waals surface area contributed by atoms with Crippen molar-refractivity contribution in [1.82, 2.24) is 0 Å². The number of pyridine rings is 1. The van der Waals surface area contributed by atoms with Crippen molar-refractivity contribution in [3.8, 4) is 0 Å². The average molecular weight is 230 g/mol. The van der Waals surface area contributed by atoms with Crippen molar-refractivity contribution in [3.05, 3.63) is 54.2 Å². The zero-order chi connectivity index (χ0) is 12.3. The van der Waals surface area contributed by atoms with Gasteiger partial charge in [0.2, 0.25) is 0 Å². The Labute approximate surface area is 98.2 Å². The smallest absolute Gasteiger partial charge is 0.388 e. The van der Waals surface area contributed by atoms with Crippen LogP contribution in [0.5, 0.6) is 0 Å². The van der Waals surface area contributed by atoms with Crippen molar-refractivity contribution >= 4 is 17.5 Å². The van der Waals surface area contributed by atoms with Crippen LogP contribution in [0.15, 0.2) is 48.7 Å². The standard InChI is InChI=1S/C12H11N3O2/c13-10-7-4-8-15(11(10)14)17-12(16)9-5-2-1-3-6-9/h1-8,14H,13H2/p+1. The molecule has 0 saturated heterocycles. The quantitative estimate of drug-likeness (QED) is 0.732. The van der Waals surface area contributed by atoms with Crippen LogP contribution in [0.1, 0.15) is 10.4 Å². The van der Waals surface area contributed by atoms with E-state index in [1.54, 1.807) is 36.4 Å². The third kappa shape index (κ3) is 2.34. The Balaban J connectivity index is 2.22. The Bertz CT molecular complexity index is 541. The van der Waals surface area contributed by atoms with Gasteiger partial charge in [0.05, 0.1) is 5.56 Å². The summed E-state index contributed by atoms with van der Waals surface area (Å²) in [5.74, 6) is -0.301. The van der Waals surface area contributed by atoms with E-state index < -0.39 is 5.97 Å². The van der Waals surface area contributed by atoms with Crippen LogP contribution in [0.25, 0.3) is 0 Å². The van der Waals surface area contributed by atoms with Crippen LogP contribution in [0.3, 0.4) is 0 Å². The van der Waals surface area contributed by atoms with Gasteiger partial charge in [-0.1, -0.05) is 18.2 Å². The highest BCUT2D eigenvalue weighted by molar-refractivity contribution is 5.89. The average Bonchev–Trinajstić information content (AvgIpc) is 2.36. The molecule has 0 atom stereocenters. The molecule has 1 aromatic heterocycles. The summed E-state index contributed by atoms with van der Waals surface area (Å²) in [4.78, 5) is 16.8. The summed E-state index contributed by atoms with van der Waals surface area (Å²) in [7, 11) is 0. The van der Waals surface area contributed by atoms with Gasteiger partial charge >= 0.3 is 11.8 Å². The lowest BCUT2D eigenvalue weighted by Gasteiger charge is -2.03. The zero-order valence-electron chi connectivity index (χ0n) is 9.04. The fraction of sp³-hybridized carbons (Fsp3) is 0. The van der Waals surface area contributed by atoms with Crippen LogP contribution < -0.4 is 21.0 Å². The van der Waals surface area contributed by atoms with E-state index in [4.69, 9.17) is 16.3 Å². The lowest BCUT2D eigenvalue weighted by atomic mass is 10.2. The summed E-state index contributed by atoms with van der Waals surface area (Å²) < 4.78 is 1.14. The number of carbonyl (C=O) groups excluding carboxylic acids is 1. The van der Waals surface area contributed by atoms with Crippen LogP contribution in [0.4, 0.5) is 11.5 Å². The van der Waals surface area contributed by atoms with E-state index in [2.05, 4.69) is 0 Å². The normalized spacial score (nSPS) is 9.88. The van der Waals surface area contributed by atoms with Crippen LogP contribution in [0.2, 0.25) is 0 Å². The first-order chi connectivity index (χ1) is 8.18. The number of hydrogen-bond acceptors (Lipinski definition) is 4. The first-order valence-electron chi connectivity index (χ1n) is 5.02. The molecule has 0 aliphatic rings. The van der Waals surface area contributed by atoms with Gasteiger partial charge in [0, 0.05) is 0 Å². The minimum absolute atomic E-state index is 0.191. The molecule has 0 spiro atoms. The molecule has 5 nitrogen and oxygen atoms in total. The topological polar surface area (TPSA) is 82.2 Å². The summed E-state index contributed by atoms with van der Waals surface area (Å²) in [5.41, 5.74) is 12.1. The number of nitrogens with two attached hydrogens (primary N) is 2. The van der Waals surface area contributed by atoms with Crippen molar-refractivity contribution in [2.75, 3.05) is 11.5 Å². The van der Waals surface area contributed by atoms with E-state index in [1.165, 1.54) is 6.20 Å². The SMILES string of the molecule is Nc1ccc[n+](OC(=O)c2ccccc2)c1N. The summed E-state index contributed by atoms with van der Waals surface area (Å²) in [6.07, 6.45) is 1.52. The Hall–Kier alpha value is -2.56. The molecule has 0 fully saturated rings. The molecule has 5 heteroatoms. The van der Waals surface area contributed by atoms with Gasteiger partial charge < -0.3 is 5.73 Å². The number of rotatable bonds is 2. The molecule has 2 rings (SSSR count). The van der Waals surface area contributed by atoms with Gasteiger partial charge in [-0.2, -0.15) is 0 Å². The number of hydrogen-bond donors (Lipinski definition) is 2. The predicted molar refractivity (Wildman–Crippen MR) is 62.8 cm³/mol. The van der Waals surface area contributed by atoms with Gasteiger partial charge in [0.15, 0.2) is 0 Å². The van der Waals surface area contributed by atoms with E-state index in [0.717, 1.165) is 4.73 Å². The van der Waals surface area contributed by atoms with E-state index in [-0.39, 0.29) is 5.82 Å². The highest BCUT2D eigenvalue weighted by Gasteiger charge is 2.15. The molecule has 0 aliphatic carbocycles. The number of carbonyl (C=O) groups is 1. The molecule has 4 N–H and O–H groups in total. The van der Waals surface area contributed by atoms with E-state index >= 15 is 0 Å².